The highest BCUT2D eigenvalue weighted by Crippen LogP contribution is 2.02. The molecule has 1 heterocycles. The number of aliphatic hydroxyl groups excluding tert-OH is 3. The molecule has 0 aliphatic carbocycles. The van der Waals surface area contributed by atoms with Gasteiger partial charge in [0.1, 0.15) is 24.7 Å². The van der Waals surface area contributed by atoms with Gasteiger partial charge in [0.25, 0.3) is 11.8 Å². The molecule has 0 aromatic carbocycles. The number of amides is 6. The van der Waals surface area contributed by atoms with Gasteiger partial charge in [-0.15, -0.1) is 0 Å². The predicted octanol–water partition coefficient (Wildman–Crippen LogP) is -5.33. The molecule has 5 atom stereocenters. The van der Waals surface area contributed by atoms with E-state index in [9.17, 15) is 34.2 Å². The van der Waals surface area contributed by atoms with Gasteiger partial charge in [-0.05, 0) is 20.3 Å². The van der Waals surface area contributed by atoms with Gasteiger partial charge < -0.3 is 51.2 Å². The van der Waals surface area contributed by atoms with Crippen molar-refractivity contribution in [2.24, 2.45) is 0 Å². The molecule has 0 aromatic rings. The van der Waals surface area contributed by atoms with Gasteiger partial charge in [-0.25, -0.2) is 4.79 Å². The summed E-state index contributed by atoms with van der Waals surface area (Å²) in [4.78, 5) is 62.0. The van der Waals surface area contributed by atoms with Crippen LogP contribution in [0.3, 0.4) is 0 Å². The van der Waals surface area contributed by atoms with E-state index in [0.717, 1.165) is 0 Å². The minimum atomic E-state index is -1.81. The van der Waals surface area contributed by atoms with E-state index in [-0.39, 0.29) is 39.2 Å². The van der Waals surface area contributed by atoms with E-state index in [1.807, 2.05) is 10.9 Å². The number of carbonyl (C=O) groups is 5. The van der Waals surface area contributed by atoms with Crippen LogP contribution in [0.5, 0.6) is 0 Å². The van der Waals surface area contributed by atoms with Crippen molar-refractivity contribution in [3.8, 4) is 0 Å². The Bertz CT molecular complexity index is 780. The van der Waals surface area contributed by atoms with Gasteiger partial charge in [-0.3, -0.25) is 30.0 Å². The van der Waals surface area contributed by atoms with Crippen LogP contribution in [-0.2, 0) is 28.7 Å². The first-order valence-electron chi connectivity index (χ1n) is 11.5. The average Bonchev–Trinajstić information content (AvgIpc) is 2.82. The maximum atomic E-state index is 12.6. The molecule has 17 heteroatoms. The Morgan fingerprint density at radius 1 is 0.784 bits per heavy atom. The van der Waals surface area contributed by atoms with Gasteiger partial charge in [0.15, 0.2) is 6.29 Å². The van der Waals surface area contributed by atoms with Crippen LogP contribution < -0.4 is 32.1 Å². The predicted molar refractivity (Wildman–Crippen MR) is 123 cm³/mol. The highest BCUT2D eigenvalue weighted by atomic mass is 16.5. The number of rotatable bonds is 5. The van der Waals surface area contributed by atoms with Crippen LogP contribution in [-0.4, -0.2) is 120 Å². The summed E-state index contributed by atoms with van der Waals surface area (Å²) >= 11 is 0. The molecule has 0 saturated carbocycles. The molecule has 1 saturated heterocycles. The molecule has 1 aliphatic heterocycles. The average molecular weight is 537 g/mol. The van der Waals surface area contributed by atoms with Crippen molar-refractivity contribution in [2.45, 2.75) is 63.3 Å². The largest absolute Gasteiger partial charge is 0.391 e. The zero-order valence-corrected chi connectivity index (χ0v) is 20.6. The lowest BCUT2D eigenvalue weighted by atomic mass is 10.1. The van der Waals surface area contributed by atoms with Crippen LogP contribution in [0.25, 0.3) is 0 Å². The molecule has 37 heavy (non-hydrogen) atoms. The summed E-state index contributed by atoms with van der Waals surface area (Å²) in [5, 5.41) is 47.3. The zero-order chi connectivity index (χ0) is 28.0. The SMILES string of the molecule is CC(O)[C@@H]1NC(=O)N[C@@H](CCC(O)O)C(=O)NNC(=O)[C@@H](C(C)O)NC(=O)COCCOCCNC1=O. The van der Waals surface area contributed by atoms with Crippen molar-refractivity contribution in [2.75, 3.05) is 33.0 Å². The third-order valence-electron chi connectivity index (χ3n) is 4.93. The Kier molecular flexibility index (Phi) is 14.3. The zero-order valence-electron chi connectivity index (χ0n) is 20.6. The van der Waals surface area contributed by atoms with Crippen molar-refractivity contribution in [1.82, 2.24) is 32.1 Å². The smallest absolute Gasteiger partial charge is 0.316 e. The molecule has 0 spiro atoms. The van der Waals surface area contributed by atoms with Crippen LogP contribution in [0.4, 0.5) is 4.79 Å². The number of urea groups is 1. The molecular formula is C20H36N6O11. The fourth-order valence-electron chi connectivity index (χ4n) is 2.98. The van der Waals surface area contributed by atoms with Crippen molar-refractivity contribution in [1.29, 1.82) is 0 Å². The summed E-state index contributed by atoms with van der Waals surface area (Å²) in [6.45, 7) is 2.18. The van der Waals surface area contributed by atoms with Crippen LogP contribution >= 0.6 is 0 Å². The van der Waals surface area contributed by atoms with Gasteiger partial charge in [0.05, 0.1) is 32.0 Å². The van der Waals surface area contributed by atoms with Gasteiger partial charge >= 0.3 is 6.03 Å². The second-order valence-corrected chi connectivity index (χ2v) is 8.17. The van der Waals surface area contributed by atoms with Crippen molar-refractivity contribution in [3.05, 3.63) is 0 Å². The monoisotopic (exact) mass is 536 g/mol. The van der Waals surface area contributed by atoms with Gasteiger partial charge in [0.2, 0.25) is 11.8 Å². The van der Waals surface area contributed by atoms with E-state index in [0.29, 0.717) is 0 Å². The fraction of sp³-hybridized carbons (Fsp3) is 0.750. The van der Waals surface area contributed by atoms with Crippen LogP contribution in [0.1, 0.15) is 26.7 Å². The van der Waals surface area contributed by atoms with E-state index < -0.39 is 72.9 Å². The number of hydrazine groups is 1. The first-order chi connectivity index (χ1) is 17.4. The molecule has 1 fully saturated rings. The minimum Gasteiger partial charge on any atom is -0.391 e. The highest BCUT2D eigenvalue weighted by Gasteiger charge is 2.30. The Labute approximate surface area is 212 Å². The highest BCUT2D eigenvalue weighted by molar-refractivity contribution is 5.93. The molecule has 1 aliphatic rings. The van der Waals surface area contributed by atoms with E-state index in [4.69, 9.17) is 19.7 Å². The van der Waals surface area contributed by atoms with E-state index in [1.165, 1.54) is 13.8 Å². The standard InChI is InChI=1S/C20H36N6O11/c1-10(27)15-18(33)21-5-6-36-7-8-37-9-13(29)23-16(11(2)28)19(34)26-25-17(32)12(3-4-14(30)31)22-20(35)24-15/h10-12,14-16,27-28,30-31H,3-9H2,1-2H3,(H,21,33)(H,23,29)(H,25,32)(H,26,34)(H2,22,24,35)/t10?,11?,12-,15-,16+/m0/s1. The topological polar surface area (TPSA) is 257 Å². The lowest BCUT2D eigenvalue weighted by Crippen LogP contribution is -2.61. The van der Waals surface area contributed by atoms with Gasteiger partial charge in [-0.1, -0.05) is 0 Å². The summed E-state index contributed by atoms with van der Waals surface area (Å²) in [5.74, 6) is -3.47. The first-order valence-corrected chi connectivity index (χ1v) is 11.5. The number of carbonyl (C=O) groups excluding carboxylic acids is 5. The molecule has 10 N–H and O–H groups in total. The Morgan fingerprint density at radius 3 is 2.00 bits per heavy atom. The molecule has 17 nitrogen and oxygen atoms in total. The number of ether oxygens (including phenoxy) is 2. The van der Waals surface area contributed by atoms with Crippen LogP contribution in [0.2, 0.25) is 0 Å². The second kappa shape index (κ2) is 16.6. The number of hydrogen-bond donors (Lipinski definition) is 10. The van der Waals surface area contributed by atoms with Crippen LogP contribution in [0, 0.1) is 0 Å². The lowest BCUT2D eigenvalue weighted by Gasteiger charge is -2.24. The summed E-state index contributed by atoms with van der Waals surface area (Å²) < 4.78 is 10.4. The number of hydrogen-bond acceptors (Lipinski definition) is 11. The summed E-state index contributed by atoms with van der Waals surface area (Å²) in [7, 11) is 0. The molecule has 6 amide bonds. The van der Waals surface area contributed by atoms with Gasteiger partial charge in [0, 0.05) is 13.0 Å². The van der Waals surface area contributed by atoms with Crippen molar-refractivity contribution >= 4 is 29.7 Å². The molecule has 0 aromatic heterocycles. The third-order valence-corrected chi connectivity index (χ3v) is 4.93. The number of nitrogens with one attached hydrogen (secondary N) is 6. The van der Waals surface area contributed by atoms with E-state index >= 15 is 0 Å². The fourth-order valence-corrected chi connectivity index (χ4v) is 2.98. The molecule has 2 unspecified atom stereocenters. The molecule has 0 bridgehead atoms. The molecule has 1 rings (SSSR count). The summed E-state index contributed by atoms with van der Waals surface area (Å²) in [5.41, 5.74) is 4.02. The normalized spacial score (nSPS) is 25.8. The van der Waals surface area contributed by atoms with Crippen molar-refractivity contribution in [3.63, 3.8) is 0 Å². The molecule has 0 radical (unpaired) electrons. The van der Waals surface area contributed by atoms with E-state index in [1.54, 1.807) is 0 Å². The molecular weight excluding hydrogens is 500 g/mol. The van der Waals surface area contributed by atoms with Gasteiger partial charge in [-0.2, -0.15) is 0 Å². The Balaban J connectivity index is 3.04. The maximum Gasteiger partial charge on any atom is 0.316 e. The Morgan fingerprint density at radius 2 is 1.38 bits per heavy atom. The van der Waals surface area contributed by atoms with Crippen LogP contribution in [0.15, 0.2) is 0 Å². The summed E-state index contributed by atoms with van der Waals surface area (Å²) in [6, 6.07) is -5.36. The molecule has 212 valence electrons. The van der Waals surface area contributed by atoms with E-state index in [2.05, 4.69) is 21.3 Å². The maximum absolute atomic E-state index is 12.6. The summed E-state index contributed by atoms with van der Waals surface area (Å²) in [6.07, 6.45) is -5.15. The third kappa shape index (κ3) is 12.6. The lowest BCUT2D eigenvalue weighted by molar-refractivity contribution is -0.136. The minimum absolute atomic E-state index is 0.00488. The number of aliphatic hydroxyl groups is 4. The quantitative estimate of drug-likeness (QED) is 0.148. The first kappa shape index (κ1) is 31.9. The Hall–Kier alpha value is -3.09. The second-order valence-electron chi connectivity index (χ2n) is 8.17. The van der Waals surface area contributed by atoms with Crippen molar-refractivity contribution < 1.29 is 53.9 Å².